The van der Waals surface area contributed by atoms with Gasteiger partial charge in [0.1, 0.15) is 5.82 Å². The first-order chi connectivity index (χ1) is 8.48. The van der Waals surface area contributed by atoms with Crippen molar-refractivity contribution in [3.8, 4) is 5.69 Å². The maximum absolute atomic E-state index is 5.97. The monoisotopic (exact) mass is 245 g/mol. The van der Waals surface area contributed by atoms with Crippen molar-refractivity contribution in [1.82, 2.24) is 9.78 Å². The molecule has 2 aromatic rings. The van der Waals surface area contributed by atoms with Crippen LogP contribution >= 0.6 is 0 Å². The molecule has 1 aromatic carbocycles. The minimum absolute atomic E-state index is 0.0220. The molecule has 98 valence electrons. The second-order valence-corrected chi connectivity index (χ2v) is 4.95. The molecular formula is C15H23N3. The third-order valence-electron chi connectivity index (χ3n) is 2.51. The fourth-order valence-corrected chi connectivity index (χ4v) is 1.54. The Kier molecular flexibility index (Phi) is 4.54. The van der Waals surface area contributed by atoms with Gasteiger partial charge in [-0.1, -0.05) is 52.8 Å². The van der Waals surface area contributed by atoms with Crippen LogP contribution in [0.4, 0.5) is 5.82 Å². The van der Waals surface area contributed by atoms with Crippen LogP contribution in [0.25, 0.3) is 5.69 Å². The molecule has 0 atom stereocenters. The van der Waals surface area contributed by atoms with Crippen LogP contribution in [0, 0.1) is 0 Å². The van der Waals surface area contributed by atoms with Crippen molar-refractivity contribution in [2.75, 3.05) is 5.73 Å². The highest BCUT2D eigenvalue weighted by molar-refractivity contribution is 5.43. The molecule has 0 aliphatic rings. The first-order valence-electron chi connectivity index (χ1n) is 6.40. The first kappa shape index (κ1) is 14.3. The van der Waals surface area contributed by atoms with Crippen molar-refractivity contribution in [2.45, 2.75) is 40.0 Å². The number of rotatable bonds is 1. The van der Waals surface area contributed by atoms with E-state index in [9.17, 15) is 0 Å². The normalized spacial score (nSPS) is 10.7. The summed E-state index contributed by atoms with van der Waals surface area (Å²) in [7, 11) is 0. The molecule has 18 heavy (non-hydrogen) atoms. The highest BCUT2D eigenvalue weighted by atomic mass is 15.3. The summed E-state index contributed by atoms with van der Waals surface area (Å²) in [5, 5.41) is 4.54. The topological polar surface area (TPSA) is 43.8 Å². The fraction of sp³-hybridized carbons (Fsp3) is 0.400. The number of hydrogen-bond acceptors (Lipinski definition) is 2. The molecule has 2 rings (SSSR count). The maximum Gasteiger partial charge on any atom is 0.127 e. The minimum Gasteiger partial charge on any atom is -0.384 e. The molecule has 1 heterocycles. The molecular weight excluding hydrogens is 222 g/mol. The average Bonchev–Trinajstić information content (AvgIpc) is 2.75. The summed E-state index contributed by atoms with van der Waals surface area (Å²) < 4.78 is 1.78. The van der Waals surface area contributed by atoms with Gasteiger partial charge in [0.25, 0.3) is 0 Å². The Labute approximate surface area is 110 Å². The molecule has 2 N–H and O–H groups in total. The number of nitrogens with two attached hydrogens (primary N) is 1. The van der Waals surface area contributed by atoms with E-state index >= 15 is 0 Å². The van der Waals surface area contributed by atoms with Gasteiger partial charge in [-0.25, -0.2) is 4.68 Å². The lowest BCUT2D eigenvalue weighted by Crippen LogP contribution is -2.12. The fourth-order valence-electron chi connectivity index (χ4n) is 1.54. The molecule has 0 saturated carbocycles. The number of nitrogen functional groups attached to an aromatic ring is 1. The van der Waals surface area contributed by atoms with Crippen LogP contribution in [0.15, 0.2) is 36.4 Å². The summed E-state index contributed by atoms with van der Waals surface area (Å²) in [6, 6.07) is 11.9. The zero-order valence-electron chi connectivity index (χ0n) is 11.9. The molecule has 0 aliphatic carbocycles. The lowest BCUT2D eigenvalue weighted by molar-refractivity contribution is 0.560. The molecule has 0 unspecified atom stereocenters. The van der Waals surface area contributed by atoms with Crippen LogP contribution in [0.3, 0.4) is 0 Å². The van der Waals surface area contributed by atoms with Crippen molar-refractivity contribution in [3.05, 3.63) is 42.1 Å². The zero-order valence-corrected chi connectivity index (χ0v) is 11.9. The summed E-state index contributed by atoms with van der Waals surface area (Å²) in [6.07, 6.45) is 0. The van der Waals surface area contributed by atoms with Crippen molar-refractivity contribution in [1.29, 1.82) is 0 Å². The van der Waals surface area contributed by atoms with E-state index in [0.717, 1.165) is 11.4 Å². The van der Waals surface area contributed by atoms with Crippen LogP contribution in [0.2, 0.25) is 0 Å². The van der Waals surface area contributed by atoms with Gasteiger partial charge >= 0.3 is 0 Å². The highest BCUT2D eigenvalue weighted by Crippen LogP contribution is 2.24. The van der Waals surface area contributed by atoms with Gasteiger partial charge in [-0.05, 0) is 12.1 Å². The number of aromatic nitrogens is 2. The smallest absolute Gasteiger partial charge is 0.127 e. The van der Waals surface area contributed by atoms with Gasteiger partial charge in [0, 0.05) is 11.5 Å². The third-order valence-corrected chi connectivity index (χ3v) is 2.51. The number of hydrogen-bond donors (Lipinski definition) is 1. The quantitative estimate of drug-likeness (QED) is 0.831. The van der Waals surface area contributed by atoms with Gasteiger partial charge in [-0.15, -0.1) is 0 Å². The molecule has 0 bridgehead atoms. The first-order valence-corrected chi connectivity index (χ1v) is 6.40. The van der Waals surface area contributed by atoms with Gasteiger partial charge < -0.3 is 5.73 Å². The average molecular weight is 245 g/mol. The molecule has 3 heteroatoms. The van der Waals surface area contributed by atoms with Crippen LogP contribution in [0.5, 0.6) is 0 Å². The molecule has 0 aliphatic heterocycles. The van der Waals surface area contributed by atoms with Crippen molar-refractivity contribution in [2.24, 2.45) is 0 Å². The van der Waals surface area contributed by atoms with Crippen LogP contribution in [-0.2, 0) is 5.41 Å². The number of nitrogens with zero attached hydrogens (tertiary/aromatic N) is 2. The van der Waals surface area contributed by atoms with Crippen LogP contribution in [0.1, 0.15) is 40.3 Å². The van der Waals surface area contributed by atoms with E-state index < -0.39 is 0 Å². The largest absolute Gasteiger partial charge is 0.384 e. The van der Waals surface area contributed by atoms with Crippen molar-refractivity contribution in [3.63, 3.8) is 0 Å². The van der Waals surface area contributed by atoms with E-state index in [4.69, 9.17) is 5.73 Å². The SMILES string of the molecule is CC.CC(C)(C)c1cc(N)n(-c2ccccc2)n1. The molecule has 0 fully saturated rings. The summed E-state index contributed by atoms with van der Waals surface area (Å²) in [6.45, 7) is 10.4. The van der Waals surface area contributed by atoms with Gasteiger partial charge in [-0.3, -0.25) is 0 Å². The van der Waals surface area contributed by atoms with Crippen LogP contribution < -0.4 is 5.73 Å². The molecule has 1 aromatic heterocycles. The van der Waals surface area contributed by atoms with Gasteiger partial charge in [0.15, 0.2) is 0 Å². The van der Waals surface area contributed by atoms with Crippen LogP contribution in [-0.4, -0.2) is 9.78 Å². The molecule has 3 nitrogen and oxygen atoms in total. The Bertz CT molecular complexity index is 478. The zero-order chi connectivity index (χ0) is 13.8. The number of para-hydroxylation sites is 1. The Morgan fingerprint density at radius 1 is 1.06 bits per heavy atom. The maximum atomic E-state index is 5.97. The highest BCUT2D eigenvalue weighted by Gasteiger charge is 2.19. The van der Waals surface area contributed by atoms with E-state index in [0.29, 0.717) is 5.82 Å². The van der Waals surface area contributed by atoms with E-state index in [-0.39, 0.29) is 5.41 Å². The lowest BCUT2D eigenvalue weighted by atomic mass is 9.92. The summed E-state index contributed by atoms with van der Waals surface area (Å²) in [4.78, 5) is 0. The Morgan fingerprint density at radius 3 is 2.06 bits per heavy atom. The van der Waals surface area contributed by atoms with E-state index in [2.05, 4.69) is 25.9 Å². The summed E-state index contributed by atoms with van der Waals surface area (Å²) in [5.41, 5.74) is 8.00. The Balaban J connectivity index is 0.000000771. The van der Waals surface area contributed by atoms with Crippen molar-refractivity contribution >= 4 is 5.82 Å². The van der Waals surface area contributed by atoms with Gasteiger partial charge in [0.05, 0.1) is 11.4 Å². The predicted octanol–water partition coefficient (Wildman–Crippen LogP) is 3.78. The molecule has 0 amide bonds. The van der Waals surface area contributed by atoms with Gasteiger partial charge in [-0.2, -0.15) is 5.10 Å². The second-order valence-electron chi connectivity index (χ2n) is 4.95. The lowest BCUT2D eigenvalue weighted by Gasteiger charge is -2.14. The third kappa shape index (κ3) is 3.13. The Morgan fingerprint density at radius 2 is 1.61 bits per heavy atom. The standard InChI is InChI=1S/C13H17N3.C2H6/c1-13(2,3)11-9-12(14)16(15-11)10-7-5-4-6-8-10;1-2/h4-9H,14H2,1-3H3;1-2H3. The summed E-state index contributed by atoms with van der Waals surface area (Å²) >= 11 is 0. The van der Waals surface area contributed by atoms with E-state index in [1.54, 1.807) is 4.68 Å². The number of benzene rings is 1. The molecule has 0 radical (unpaired) electrons. The minimum atomic E-state index is 0.0220. The molecule has 0 spiro atoms. The van der Waals surface area contributed by atoms with Crippen molar-refractivity contribution < 1.29 is 0 Å². The predicted molar refractivity (Wildman–Crippen MR) is 78.0 cm³/mol. The molecule has 0 saturated heterocycles. The summed E-state index contributed by atoms with van der Waals surface area (Å²) in [5.74, 6) is 0.677. The number of anilines is 1. The van der Waals surface area contributed by atoms with E-state index in [1.165, 1.54) is 0 Å². The van der Waals surface area contributed by atoms with Gasteiger partial charge in [0.2, 0.25) is 0 Å². The Hall–Kier alpha value is -1.77. The van der Waals surface area contributed by atoms with E-state index in [1.807, 2.05) is 50.2 Å². The second kappa shape index (κ2) is 5.71.